The Bertz CT molecular complexity index is 166. The lowest BCUT2D eigenvalue weighted by atomic mass is 9.53. The zero-order chi connectivity index (χ0) is 8.66. The van der Waals surface area contributed by atoms with Crippen molar-refractivity contribution in [2.45, 2.75) is 58.6 Å². The molecule has 0 bridgehead atoms. The Morgan fingerprint density at radius 3 is 2.17 bits per heavy atom. The average molecular weight is 164 g/mol. The summed E-state index contributed by atoms with van der Waals surface area (Å²) in [5.41, 5.74) is 1.61. The number of hydrogen-bond donors (Lipinski definition) is 0. The van der Waals surface area contributed by atoms with E-state index in [2.05, 4.69) is 13.7 Å². The van der Waals surface area contributed by atoms with E-state index in [1.165, 1.54) is 45.7 Å². The van der Waals surface area contributed by atoms with Gasteiger partial charge in [-0.15, -0.1) is 0 Å². The Morgan fingerprint density at radius 2 is 1.83 bits per heavy atom. The summed E-state index contributed by atoms with van der Waals surface area (Å²) < 4.78 is 0. The maximum Gasteiger partial charge on any atom is 0.118 e. The Hall–Kier alpha value is 0.0649. The molecule has 2 fully saturated rings. The van der Waals surface area contributed by atoms with E-state index in [1.807, 2.05) is 0 Å². The van der Waals surface area contributed by atoms with Gasteiger partial charge in [0.2, 0.25) is 0 Å². The van der Waals surface area contributed by atoms with Crippen LogP contribution in [0.5, 0.6) is 0 Å². The van der Waals surface area contributed by atoms with Gasteiger partial charge in [-0.1, -0.05) is 26.5 Å². The fourth-order valence-corrected chi connectivity index (χ4v) is 3.02. The molecule has 0 unspecified atom stereocenters. The van der Waals surface area contributed by atoms with E-state index >= 15 is 0 Å². The van der Waals surface area contributed by atoms with Gasteiger partial charge in [-0.3, -0.25) is 0 Å². The molecule has 0 amide bonds. The van der Waals surface area contributed by atoms with E-state index < -0.39 is 0 Å². The third-order valence-corrected chi connectivity index (χ3v) is 4.10. The minimum Gasteiger partial charge on any atom is -0.0893 e. The van der Waals surface area contributed by atoms with Crippen molar-refractivity contribution >= 4 is 7.28 Å². The van der Waals surface area contributed by atoms with Gasteiger partial charge in [0.1, 0.15) is 7.28 Å². The first-order valence-corrected chi connectivity index (χ1v) is 5.68. The lowest BCUT2D eigenvalue weighted by Gasteiger charge is -2.44. The quantitative estimate of drug-likeness (QED) is 0.559. The van der Waals surface area contributed by atoms with Crippen LogP contribution >= 0.6 is 0 Å². The summed E-state index contributed by atoms with van der Waals surface area (Å²) in [6.45, 7) is 4.83. The molecule has 2 saturated carbocycles. The molecule has 0 aromatic rings. The Morgan fingerprint density at radius 1 is 1.17 bits per heavy atom. The summed E-state index contributed by atoms with van der Waals surface area (Å²) in [4.78, 5) is 0. The summed E-state index contributed by atoms with van der Waals surface area (Å²) in [6, 6.07) is 0. The van der Waals surface area contributed by atoms with Gasteiger partial charge < -0.3 is 0 Å². The number of hydrogen-bond acceptors (Lipinski definition) is 0. The lowest BCUT2D eigenvalue weighted by Crippen LogP contribution is -2.32. The Kier molecular flexibility index (Phi) is 2.01. The van der Waals surface area contributed by atoms with Gasteiger partial charge in [-0.2, -0.15) is 0 Å². The van der Waals surface area contributed by atoms with Crippen LogP contribution in [0.1, 0.15) is 45.4 Å². The molecule has 1 heteroatoms. The van der Waals surface area contributed by atoms with Gasteiger partial charge in [0.15, 0.2) is 0 Å². The summed E-state index contributed by atoms with van der Waals surface area (Å²) in [5, 5.41) is 0. The van der Waals surface area contributed by atoms with E-state index in [1.54, 1.807) is 6.42 Å². The maximum absolute atomic E-state index is 2.49. The summed E-state index contributed by atoms with van der Waals surface area (Å²) in [5.74, 6) is 0. The zero-order valence-electron chi connectivity index (χ0n) is 8.66. The second-order valence-corrected chi connectivity index (χ2v) is 5.59. The highest BCUT2D eigenvalue weighted by Gasteiger charge is 2.47. The van der Waals surface area contributed by atoms with E-state index in [4.69, 9.17) is 0 Å². The predicted octanol–water partition coefficient (Wildman–Crippen LogP) is 3.25. The van der Waals surface area contributed by atoms with E-state index in [9.17, 15) is 0 Å². The Balaban J connectivity index is 1.89. The van der Waals surface area contributed by atoms with Crippen molar-refractivity contribution in [2.24, 2.45) is 10.8 Å². The van der Waals surface area contributed by atoms with Gasteiger partial charge >= 0.3 is 0 Å². The molecule has 0 heterocycles. The molecule has 0 N–H and O–H groups in total. The van der Waals surface area contributed by atoms with Crippen molar-refractivity contribution in [1.29, 1.82) is 0 Å². The largest absolute Gasteiger partial charge is 0.118 e. The molecular formula is C11H21B. The molecule has 0 aromatic heterocycles. The highest BCUT2D eigenvalue weighted by Crippen LogP contribution is 2.59. The SMILES string of the molecule is CBCC1(CC2(C)CC2)CCC1. The second kappa shape index (κ2) is 2.78. The fourth-order valence-electron chi connectivity index (χ4n) is 3.02. The zero-order valence-corrected chi connectivity index (χ0v) is 8.66. The smallest absolute Gasteiger partial charge is 0.0893 e. The van der Waals surface area contributed by atoms with E-state index in [0.29, 0.717) is 0 Å². The van der Waals surface area contributed by atoms with Crippen LogP contribution in [0, 0.1) is 10.8 Å². The van der Waals surface area contributed by atoms with Gasteiger partial charge in [0, 0.05) is 0 Å². The summed E-state index contributed by atoms with van der Waals surface area (Å²) in [6.07, 6.45) is 10.7. The normalized spacial score (nSPS) is 29.2. The first-order valence-electron chi connectivity index (χ1n) is 5.68. The molecule has 0 aromatic carbocycles. The minimum absolute atomic E-state index is 0.787. The van der Waals surface area contributed by atoms with Crippen molar-refractivity contribution in [3.05, 3.63) is 0 Å². The summed E-state index contributed by atoms with van der Waals surface area (Å²) in [7, 11) is 1.40. The van der Waals surface area contributed by atoms with Crippen LogP contribution in [0.25, 0.3) is 0 Å². The van der Waals surface area contributed by atoms with Crippen molar-refractivity contribution in [3.8, 4) is 0 Å². The molecule has 0 atom stereocenters. The van der Waals surface area contributed by atoms with Crippen LogP contribution < -0.4 is 0 Å². The molecule has 0 aliphatic heterocycles. The monoisotopic (exact) mass is 164 g/mol. The molecule has 0 nitrogen and oxygen atoms in total. The Labute approximate surface area is 77.4 Å². The topological polar surface area (TPSA) is 0 Å². The standard InChI is InChI=1S/C11H21B/c1-10(6-7-10)8-11(9-12-2)4-3-5-11/h12H,3-9H2,1-2H3. The molecule has 12 heavy (non-hydrogen) atoms. The van der Waals surface area contributed by atoms with Crippen LogP contribution in [0.15, 0.2) is 0 Å². The van der Waals surface area contributed by atoms with Crippen molar-refractivity contribution in [3.63, 3.8) is 0 Å². The maximum atomic E-state index is 2.49. The predicted molar refractivity (Wildman–Crippen MR) is 56.1 cm³/mol. The van der Waals surface area contributed by atoms with Gasteiger partial charge in [-0.25, -0.2) is 0 Å². The van der Waals surface area contributed by atoms with Crippen LogP contribution in [0.2, 0.25) is 13.1 Å². The van der Waals surface area contributed by atoms with E-state index in [-0.39, 0.29) is 0 Å². The third kappa shape index (κ3) is 1.55. The first-order chi connectivity index (χ1) is 5.68. The van der Waals surface area contributed by atoms with E-state index in [0.717, 1.165) is 10.8 Å². The minimum atomic E-state index is 0.787. The van der Waals surface area contributed by atoms with Crippen molar-refractivity contribution in [2.75, 3.05) is 0 Å². The van der Waals surface area contributed by atoms with Crippen LogP contribution in [-0.2, 0) is 0 Å². The highest BCUT2D eigenvalue weighted by molar-refractivity contribution is 6.33. The first kappa shape index (κ1) is 8.65. The fraction of sp³-hybridized carbons (Fsp3) is 1.00. The molecule has 0 spiro atoms. The average Bonchev–Trinajstić information content (AvgIpc) is 2.64. The number of rotatable bonds is 4. The van der Waals surface area contributed by atoms with Gasteiger partial charge in [-0.05, 0) is 42.9 Å². The second-order valence-electron chi connectivity index (χ2n) is 5.59. The third-order valence-electron chi connectivity index (χ3n) is 4.10. The molecular weight excluding hydrogens is 143 g/mol. The molecule has 0 radical (unpaired) electrons. The van der Waals surface area contributed by atoms with Gasteiger partial charge in [0.05, 0.1) is 0 Å². The summed E-state index contributed by atoms with van der Waals surface area (Å²) >= 11 is 0. The van der Waals surface area contributed by atoms with Crippen molar-refractivity contribution < 1.29 is 0 Å². The molecule has 2 aliphatic carbocycles. The van der Waals surface area contributed by atoms with Crippen LogP contribution in [-0.4, -0.2) is 7.28 Å². The highest BCUT2D eigenvalue weighted by atomic mass is 14.5. The lowest BCUT2D eigenvalue weighted by molar-refractivity contribution is 0.114. The van der Waals surface area contributed by atoms with Gasteiger partial charge in [0.25, 0.3) is 0 Å². The molecule has 2 rings (SSSR count). The molecule has 2 aliphatic rings. The van der Waals surface area contributed by atoms with Crippen LogP contribution in [0.3, 0.4) is 0 Å². The molecule has 68 valence electrons. The van der Waals surface area contributed by atoms with Crippen molar-refractivity contribution in [1.82, 2.24) is 0 Å². The molecule has 0 saturated heterocycles. The van der Waals surface area contributed by atoms with Crippen LogP contribution in [0.4, 0.5) is 0 Å².